The molecule has 4 atom stereocenters. The van der Waals surface area contributed by atoms with Crippen molar-refractivity contribution in [3.63, 3.8) is 0 Å². The van der Waals surface area contributed by atoms with Crippen LogP contribution < -0.4 is 5.73 Å². The number of likely N-dealkylation sites (N-methyl/N-ethyl adjacent to an activating group) is 1. The first-order valence-electron chi connectivity index (χ1n) is 10.4. The molecule has 0 unspecified atom stereocenters. The van der Waals surface area contributed by atoms with Gasteiger partial charge in [-0.3, -0.25) is 19.3 Å². The monoisotopic (exact) mass is 462 g/mol. The van der Waals surface area contributed by atoms with E-state index in [-0.39, 0.29) is 29.5 Å². The third-order valence-corrected chi connectivity index (χ3v) is 7.03. The Labute approximate surface area is 195 Å². The Morgan fingerprint density at radius 2 is 1.79 bits per heavy atom. The van der Waals surface area contributed by atoms with Crippen LogP contribution in [0.2, 0.25) is 0 Å². The number of rotatable bonds is 2. The third-order valence-electron chi connectivity index (χ3n) is 7.03. The highest BCUT2D eigenvalue weighted by Crippen LogP contribution is 2.53. The number of benzene rings is 1. The first-order valence-corrected chi connectivity index (χ1v) is 10.4. The van der Waals surface area contributed by atoms with Gasteiger partial charge < -0.3 is 26.2 Å². The second-order valence-corrected chi connectivity index (χ2v) is 8.92. The van der Waals surface area contributed by atoms with Crippen molar-refractivity contribution in [3.05, 3.63) is 45.2 Å². The molecule has 0 bridgehead atoms. The number of nitrogens with zero attached hydrogens (tertiary/aromatic N) is 1. The lowest BCUT2D eigenvalue weighted by Crippen LogP contribution is -2.65. The van der Waals surface area contributed by atoms with Gasteiger partial charge in [0.05, 0.1) is 17.2 Å². The van der Waals surface area contributed by atoms with E-state index >= 15 is 0 Å². The molecule has 1 amide bonds. The second kappa shape index (κ2) is 7.49. The number of Topliss-reactive ketones (excluding diaryl/α,β-unsaturated/α-hetero) is 2. The molecule has 0 saturated heterocycles. The number of carbonyl (C=O) groups is 3. The quantitative estimate of drug-likeness (QED) is 0.301. The standard InChI is InChI=1S/C25H22N2O7/c1-5-10-7-11(6-2)19(28)16-13(10)8-12-9-14-18(27(3)4)21(30)17(24(26)33)23(32)25(14,34)22(31)15(12)20(16)29/h1-2,7,12,14,18,28-29,32,34H,8-9H2,3-4H3,(H2,26,33)/t12-,14-,18-,25-/m0/s1. The van der Waals surface area contributed by atoms with Crippen molar-refractivity contribution in [2.24, 2.45) is 17.6 Å². The van der Waals surface area contributed by atoms with Crippen LogP contribution in [0.5, 0.6) is 5.75 Å². The predicted octanol–water partition coefficient (Wildman–Crippen LogP) is -0.0734. The molecule has 0 heterocycles. The molecule has 0 aliphatic heterocycles. The van der Waals surface area contributed by atoms with Crippen LogP contribution in [0.3, 0.4) is 0 Å². The fourth-order valence-corrected chi connectivity index (χ4v) is 5.55. The molecule has 4 rings (SSSR count). The Bertz CT molecular complexity index is 1340. The number of carbonyl (C=O) groups excluding carboxylic acids is 3. The van der Waals surface area contributed by atoms with Crippen LogP contribution in [0, 0.1) is 36.5 Å². The summed E-state index contributed by atoms with van der Waals surface area (Å²) < 4.78 is 0. The Kier molecular flexibility index (Phi) is 5.09. The molecule has 0 aromatic heterocycles. The van der Waals surface area contributed by atoms with Gasteiger partial charge in [-0.15, -0.1) is 12.8 Å². The molecule has 174 valence electrons. The van der Waals surface area contributed by atoms with Gasteiger partial charge in [-0.1, -0.05) is 11.8 Å². The SMILES string of the molecule is C#Cc1cc(C#C)c2c(c1O)C(O)=C1C(=O)[C@]3(O)C(O)=C(C(N)=O)C(=O)[C@@H](N(C)C)[C@@H]3C[C@@H]1C2. The van der Waals surface area contributed by atoms with Crippen molar-refractivity contribution in [1.29, 1.82) is 0 Å². The number of amides is 1. The zero-order valence-electron chi connectivity index (χ0n) is 18.4. The van der Waals surface area contributed by atoms with E-state index in [1.807, 2.05) is 0 Å². The molecular formula is C25H22N2O7. The number of terminal acetylenes is 2. The summed E-state index contributed by atoms with van der Waals surface area (Å²) in [4.78, 5) is 40.1. The molecule has 9 heteroatoms. The minimum atomic E-state index is -2.70. The average molecular weight is 462 g/mol. The molecule has 1 saturated carbocycles. The minimum Gasteiger partial charge on any atom is -0.508 e. The Balaban J connectivity index is 2.03. The van der Waals surface area contributed by atoms with E-state index in [2.05, 4.69) is 11.8 Å². The number of nitrogens with two attached hydrogens (primary N) is 1. The molecule has 34 heavy (non-hydrogen) atoms. The lowest BCUT2D eigenvalue weighted by Gasteiger charge is -2.50. The first-order chi connectivity index (χ1) is 15.9. The van der Waals surface area contributed by atoms with E-state index in [1.165, 1.54) is 25.1 Å². The number of ketones is 2. The summed E-state index contributed by atoms with van der Waals surface area (Å²) >= 11 is 0. The van der Waals surface area contributed by atoms with E-state index in [0.717, 1.165) is 0 Å². The highest BCUT2D eigenvalue weighted by Gasteiger charge is 2.64. The van der Waals surface area contributed by atoms with Crippen LogP contribution in [-0.4, -0.2) is 68.5 Å². The zero-order chi connectivity index (χ0) is 25.3. The van der Waals surface area contributed by atoms with Crippen LogP contribution in [0.15, 0.2) is 23.0 Å². The van der Waals surface area contributed by atoms with Gasteiger partial charge in [0.25, 0.3) is 5.91 Å². The second-order valence-electron chi connectivity index (χ2n) is 8.92. The predicted molar refractivity (Wildman–Crippen MR) is 120 cm³/mol. The Hall–Kier alpha value is -4.05. The zero-order valence-corrected chi connectivity index (χ0v) is 18.4. The summed E-state index contributed by atoms with van der Waals surface area (Å²) in [6.07, 6.45) is 11.1. The molecule has 1 aromatic carbocycles. The summed E-state index contributed by atoms with van der Waals surface area (Å²) in [5.41, 5.74) is 2.06. The fourth-order valence-electron chi connectivity index (χ4n) is 5.55. The Morgan fingerprint density at radius 1 is 1.18 bits per heavy atom. The maximum absolute atomic E-state index is 13.7. The van der Waals surface area contributed by atoms with Crippen molar-refractivity contribution in [3.8, 4) is 30.4 Å². The van der Waals surface area contributed by atoms with Crippen molar-refractivity contribution < 1.29 is 34.8 Å². The molecule has 6 N–H and O–H groups in total. The van der Waals surface area contributed by atoms with Gasteiger partial charge in [0.15, 0.2) is 11.4 Å². The van der Waals surface area contributed by atoms with Gasteiger partial charge in [0, 0.05) is 17.1 Å². The van der Waals surface area contributed by atoms with Crippen molar-refractivity contribution in [2.45, 2.75) is 24.5 Å². The van der Waals surface area contributed by atoms with Crippen LogP contribution in [0.1, 0.15) is 28.7 Å². The van der Waals surface area contributed by atoms with Crippen molar-refractivity contribution in [2.75, 3.05) is 14.1 Å². The molecule has 1 aromatic rings. The van der Waals surface area contributed by atoms with Gasteiger partial charge >= 0.3 is 0 Å². The van der Waals surface area contributed by atoms with Crippen LogP contribution in [0.25, 0.3) is 5.76 Å². The number of hydrogen-bond acceptors (Lipinski definition) is 8. The highest BCUT2D eigenvalue weighted by molar-refractivity contribution is 6.24. The lowest BCUT2D eigenvalue weighted by molar-refractivity contribution is -0.153. The van der Waals surface area contributed by atoms with Crippen LogP contribution in [0.4, 0.5) is 0 Å². The van der Waals surface area contributed by atoms with Gasteiger partial charge in [-0.05, 0) is 44.5 Å². The number of phenolic OH excluding ortho intramolecular Hbond substituents is 1. The highest BCUT2D eigenvalue weighted by atomic mass is 16.3. The molecule has 3 aliphatic rings. The Morgan fingerprint density at radius 3 is 2.32 bits per heavy atom. The van der Waals surface area contributed by atoms with Crippen LogP contribution >= 0.6 is 0 Å². The smallest absolute Gasteiger partial charge is 0.255 e. The largest absolute Gasteiger partial charge is 0.508 e. The molecule has 9 nitrogen and oxygen atoms in total. The molecule has 1 fully saturated rings. The summed E-state index contributed by atoms with van der Waals surface area (Å²) in [5.74, 6) is -2.55. The fraction of sp³-hybridized carbons (Fsp3) is 0.320. The third kappa shape index (κ3) is 2.75. The van der Waals surface area contributed by atoms with E-state index < -0.39 is 63.8 Å². The van der Waals surface area contributed by atoms with Gasteiger partial charge in [-0.25, -0.2) is 0 Å². The van der Waals surface area contributed by atoms with E-state index in [0.29, 0.717) is 11.1 Å². The molecular weight excluding hydrogens is 440 g/mol. The van der Waals surface area contributed by atoms with E-state index in [4.69, 9.17) is 18.6 Å². The summed E-state index contributed by atoms with van der Waals surface area (Å²) in [6, 6.07) is 0.273. The number of aliphatic hydroxyl groups excluding tert-OH is 2. The van der Waals surface area contributed by atoms with Gasteiger partial charge in [-0.2, -0.15) is 0 Å². The van der Waals surface area contributed by atoms with Gasteiger partial charge in [0.1, 0.15) is 22.8 Å². The number of aromatic hydroxyl groups is 1. The summed E-state index contributed by atoms with van der Waals surface area (Å²) in [5, 5.41) is 44.1. The number of fused-ring (bicyclic) bond motifs is 3. The van der Waals surface area contributed by atoms with Crippen molar-refractivity contribution >= 4 is 23.2 Å². The number of hydrogen-bond donors (Lipinski definition) is 5. The van der Waals surface area contributed by atoms with Crippen LogP contribution in [-0.2, 0) is 20.8 Å². The van der Waals surface area contributed by atoms with Crippen molar-refractivity contribution in [1.82, 2.24) is 4.90 Å². The summed E-state index contributed by atoms with van der Waals surface area (Å²) in [6.45, 7) is 0. The molecule has 0 radical (unpaired) electrons. The van der Waals surface area contributed by atoms with E-state index in [9.17, 15) is 34.8 Å². The topological polar surface area (TPSA) is 161 Å². The number of phenols is 1. The summed E-state index contributed by atoms with van der Waals surface area (Å²) in [7, 11) is 3.06. The lowest BCUT2D eigenvalue weighted by atomic mass is 9.57. The van der Waals surface area contributed by atoms with Gasteiger partial charge in [0.2, 0.25) is 5.78 Å². The average Bonchev–Trinajstić information content (AvgIpc) is 2.76. The van der Waals surface area contributed by atoms with E-state index in [1.54, 1.807) is 0 Å². The number of aliphatic hydroxyl groups is 3. The number of primary amides is 1. The maximum atomic E-state index is 13.7. The maximum Gasteiger partial charge on any atom is 0.255 e. The minimum absolute atomic E-state index is 0.00633. The normalized spacial score (nSPS) is 28.1. The molecule has 0 spiro atoms. The molecule has 3 aliphatic carbocycles. The first kappa shape index (κ1) is 23.1.